The van der Waals surface area contributed by atoms with Crippen LogP contribution in [0.15, 0.2) is 18.2 Å². The third-order valence-corrected chi connectivity index (χ3v) is 3.28. The standard InChI is InChI=1S/C14H17NO4/c1-2-19-9-13(16)15-7-6-11-10(8-15)4-3-5-12(11)14(17)18/h3-5H,2,6-9H2,1H3,(H,17,18). The minimum absolute atomic E-state index is 0.0479. The van der Waals surface area contributed by atoms with Crippen LogP contribution in [0.2, 0.25) is 0 Å². The van der Waals surface area contributed by atoms with Crippen molar-refractivity contribution in [3.63, 3.8) is 0 Å². The van der Waals surface area contributed by atoms with Gasteiger partial charge in [-0.2, -0.15) is 0 Å². The molecule has 1 aromatic rings. The van der Waals surface area contributed by atoms with Crippen LogP contribution in [0.3, 0.4) is 0 Å². The van der Waals surface area contributed by atoms with Gasteiger partial charge in [-0.05, 0) is 30.5 Å². The maximum Gasteiger partial charge on any atom is 0.335 e. The van der Waals surface area contributed by atoms with E-state index in [1.54, 1.807) is 17.0 Å². The van der Waals surface area contributed by atoms with E-state index in [0.29, 0.717) is 31.7 Å². The van der Waals surface area contributed by atoms with E-state index in [-0.39, 0.29) is 12.5 Å². The molecule has 0 aliphatic carbocycles. The summed E-state index contributed by atoms with van der Waals surface area (Å²) in [4.78, 5) is 24.7. The highest BCUT2D eigenvalue weighted by Crippen LogP contribution is 2.22. The van der Waals surface area contributed by atoms with E-state index in [2.05, 4.69) is 0 Å². The summed E-state index contributed by atoms with van der Waals surface area (Å²) in [7, 11) is 0. The average molecular weight is 263 g/mol. The molecular formula is C14H17NO4. The van der Waals surface area contributed by atoms with E-state index in [1.165, 1.54) is 0 Å². The van der Waals surface area contributed by atoms with Crippen molar-refractivity contribution in [2.24, 2.45) is 0 Å². The molecule has 2 rings (SSSR count). The molecule has 5 nitrogen and oxygen atoms in total. The Balaban J connectivity index is 2.14. The summed E-state index contributed by atoms with van der Waals surface area (Å²) in [5.74, 6) is -0.959. The number of carboxylic acids is 1. The lowest BCUT2D eigenvalue weighted by molar-refractivity contribution is -0.136. The number of rotatable bonds is 4. The topological polar surface area (TPSA) is 66.8 Å². The first kappa shape index (κ1) is 13.5. The molecule has 0 saturated heterocycles. The number of hydrogen-bond donors (Lipinski definition) is 1. The lowest BCUT2D eigenvalue weighted by Crippen LogP contribution is -2.38. The van der Waals surface area contributed by atoms with Gasteiger partial charge in [0.25, 0.3) is 0 Å². The second-order valence-electron chi connectivity index (χ2n) is 4.45. The number of benzene rings is 1. The van der Waals surface area contributed by atoms with Crippen LogP contribution in [0, 0.1) is 0 Å². The molecule has 1 heterocycles. The van der Waals surface area contributed by atoms with E-state index in [1.807, 2.05) is 13.0 Å². The normalized spacial score (nSPS) is 14.1. The third kappa shape index (κ3) is 2.93. The van der Waals surface area contributed by atoms with Crippen LogP contribution in [-0.4, -0.2) is 41.6 Å². The van der Waals surface area contributed by atoms with Gasteiger partial charge in [-0.1, -0.05) is 12.1 Å². The molecule has 1 N–H and O–H groups in total. The zero-order valence-electron chi connectivity index (χ0n) is 10.9. The summed E-state index contributed by atoms with van der Waals surface area (Å²) in [5.41, 5.74) is 2.10. The van der Waals surface area contributed by atoms with Gasteiger partial charge in [0.1, 0.15) is 6.61 Å². The SMILES string of the molecule is CCOCC(=O)N1CCc2c(cccc2C(=O)O)C1. The van der Waals surface area contributed by atoms with Crippen LogP contribution in [0.25, 0.3) is 0 Å². The summed E-state index contributed by atoms with van der Waals surface area (Å²) < 4.78 is 5.11. The van der Waals surface area contributed by atoms with E-state index >= 15 is 0 Å². The van der Waals surface area contributed by atoms with Crippen LogP contribution in [0.1, 0.15) is 28.4 Å². The number of carboxylic acid groups (broad SMARTS) is 1. The zero-order chi connectivity index (χ0) is 13.8. The van der Waals surface area contributed by atoms with Gasteiger partial charge in [-0.3, -0.25) is 4.79 Å². The first-order chi connectivity index (χ1) is 9.13. The van der Waals surface area contributed by atoms with E-state index < -0.39 is 5.97 Å². The maximum atomic E-state index is 11.9. The second-order valence-corrected chi connectivity index (χ2v) is 4.45. The Bertz CT molecular complexity index is 498. The molecule has 0 aromatic heterocycles. The number of nitrogens with zero attached hydrogens (tertiary/aromatic N) is 1. The van der Waals surface area contributed by atoms with Gasteiger partial charge in [-0.15, -0.1) is 0 Å². The third-order valence-electron chi connectivity index (χ3n) is 3.28. The van der Waals surface area contributed by atoms with Crippen LogP contribution >= 0.6 is 0 Å². The fourth-order valence-electron chi connectivity index (χ4n) is 2.30. The summed E-state index contributed by atoms with van der Waals surface area (Å²) in [6, 6.07) is 5.21. The molecule has 1 aliphatic heterocycles. The molecule has 0 atom stereocenters. The fraction of sp³-hybridized carbons (Fsp3) is 0.429. The molecule has 0 saturated carbocycles. The van der Waals surface area contributed by atoms with Crippen molar-refractivity contribution in [2.45, 2.75) is 19.9 Å². The van der Waals surface area contributed by atoms with Gasteiger partial charge >= 0.3 is 5.97 Å². The molecule has 0 bridgehead atoms. The number of hydrogen-bond acceptors (Lipinski definition) is 3. The molecule has 0 unspecified atom stereocenters. The highest BCUT2D eigenvalue weighted by molar-refractivity contribution is 5.90. The summed E-state index contributed by atoms with van der Waals surface area (Å²) in [6.07, 6.45) is 0.579. The Morgan fingerprint density at radius 3 is 2.89 bits per heavy atom. The van der Waals surface area contributed by atoms with E-state index in [4.69, 9.17) is 9.84 Å². The minimum atomic E-state index is -0.911. The summed E-state index contributed by atoms with van der Waals surface area (Å²) in [5, 5.41) is 9.13. The number of fused-ring (bicyclic) bond motifs is 1. The predicted molar refractivity (Wildman–Crippen MR) is 69.0 cm³/mol. The maximum absolute atomic E-state index is 11.9. The predicted octanol–water partition coefficient (Wildman–Crippen LogP) is 1.31. The van der Waals surface area contributed by atoms with Crippen molar-refractivity contribution < 1.29 is 19.4 Å². The number of aromatic carboxylic acids is 1. The van der Waals surface area contributed by atoms with Crippen molar-refractivity contribution in [2.75, 3.05) is 19.8 Å². The van der Waals surface area contributed by atoms with Gasteiger partial charge in [0.2, 0.25) is 5.91 Å². The van der Waals surface area contributed by atoms with Gasteiger partial charge in [0.05, 0.1) is 5.56 Å². The highest BCUT2D eigenvalue weighted by atomic mass is 16.5. The Morgan fingerprint density at radius 2 is 2.21 bits per heavy atom. The van der Waals surface area contributed by atoms with Crippen molar-refractivity contribution in [3.8, 4) is 0 Å². The smallest absolute Gasteiger partial charge is 0.335 e. The van der Waals surface area contributed by atoms with Crippen LogP contribution in [-0.2, 0) is 22.5 Å². The number of ether oxygens (including phenoxy) is 1. The monoisotopic (exact) mass is 263 g/mol. The molecule has 0 spiro atoms. The largest absolute Gasteiger partial charge is 0.478 e. The Kier molecular flexibility index (Phi) is 4.16. The van der Waals surface area contributed by atoms with Crippen molar-refractivity contribution >= 4 is 11.9 Å². The molecule has 1 aromatic carbocycles. The Hall–Kier alpha value is -1.88. The lowest BCUT2D eigenvalue weighted by Gasteiger charge is -2.29. The fourth-order valence-corrected chi connectivity index (χ4v) is 2.30. The summed E-state index contributed by atoms with van der Waals surface area (Å²) in [6.45, 7) is 3.45. The minimum Gasteiger partial charge on any atom is -0.478 e. The summed E-state index contributed by atoms with van der Waals surface area (Å²) >= 11 is 0. The first-order valence-electron chi connectivity index (χ1n) is 6.33. The molecule has 1 amide bonds. The Labute approximate surface area is 111 Å². The molecule has 5 heteroatoms. The molecule has 0 radical (unpaired) electrons. The molecular weight excluding hydrogens is 246 g/mol. The zero-order valence-corrected chi connectivity index (χ0v) is 10.9. The molecule has 102 valence electrons. The van der Waals surface area contributed by atoms with Crippen LogP contribution in [0.5, 0.6) is 0 Å². The van der Waals surface area contributed by atoms with Gasteiger partial charge in [0.15, 0.2) is 0 Å². The molecule has 19 heavy (non-hydrogen) atoms. The van der Waals surface area contributed by atoms with E-state index in [9.17, 15) is 9.59 Å². The lowest BCUT2D eigenvalue weighted by atomic mass is 9.94. The molecule has 0 fully saturated rings. The number of amides is 1. The quantitative estimate of drug-likeness (QED) is 0.889. The molecule has 1 aliphatic rings. The highest BCUT2D eigenvalue weighted by Gasteiger charge is 2.23. The van der Waals surface area contributed by atoms with Crippen molar-refractivity contribution in [1.82, 2.24) is 4.90 Å². The van der Waals surface area contributed by atoms with Gasteiger partial charge in [0, 0.05) is 19.7 Å². The second kappa shape index (κ2) is 5.84. The Morgan fingerprint density at radius 1 is 1.42 bits per heavy atom. The average Bonchev–Trinajstić information content (AvgIpc) is 2.43. The van der Waals surface area contributed by atoms with Gasteiger partial charge in [-0.25, -0.2) is 4.79 Å². The number of carbonyl (C=O) groups excluding carboxylic acids is 1. The number of carbonyl (C=O) groups is 2. The van der Waals surface area contributed by atoms with Crippen molar-refractivity contribution in [3.05, 3.63) is 34.9 Å². The van der Waals surface area contributed by atoms with E-state index in [0.717, 1.165) is 11.1 Å². The van der Waals surface area contributed by atoms with Crippen molar-refractivity contribution in [1.29, 1.82) is 0 Å². The first-order valence-corrected chi connectivity index (χ1v) is 6.33. The van der Waals surface area contributed by atoms with Gasteiger partial charge < -0.3 is 14.7 Å². The van der Waals surface area contributed by atoms with Crippen LogP contribution < -0.4 is 0 Å². The van der Waals surface area contributed by atoms with Crippen LogP contribution in [0.4, 0.5) is 0 Å².